The van der Waals surface area contributed by atoms with E-state index >= 15 is 0 Å². The molecule has 1 aromatic carbocycles. The van der Waals surface area contributed by atoms with E-state index in [1.807, 2.05) is 6.07 Å². The quantitative estimate of drug-likeness (QED) is 0.858. The van der Waals surface area contributed by atoms with Crippen molar-refractivity contribution in [1.29, 1.82) is 0 Å². The van der Waals surface area contributed by atoms with Crippen LogP contribution in [0.4, 0.5) is 0 Å². The number of benzene rings is 1. The summed E-state index contributed by atoms with van der Waals surface area (Å²) in [7, 11) is 3.24. The Labute approximate surface area is 130 Å². The number of nitrogens with one attached hydrogen (secondary N) is 1. The molecule has 1 unspecified atom stereocenters. The SMILES string of the molecule is COc1ccc(CN(C)C(=O)C2COCCN2)cc1O.Cl. The number of carbonyl (C=O) groups is 1. The zero-order valence-corrected chi connectivity index (χ0v) is 13.0. The van der Waals surface area contributed by atoms with Crippen molar-refractivity contribution < 1.29 is 19.4 Å². The van der Waals surface area contributed by atoms with Crippen LogP contribution in [0.3, 0.4) is 0 Å². The largest absolute Gasteiger partial charge is 0.504 e. The molecule has 1 heterocycles. The van der Waals surface area contributed by atoms with Crippen LogP contribution < -0.4 is 10.1 Å². The standard InChI is InChI=1S/C14H20N2O4.ClH/c1-16(14(18)11-9-20-6-5-15-11)8-10-3-4-13(19-2)12(17)7-10;/h3-4,7,11,15,17H,5-6,8-9H2,1-2H3;1H. The van der Waals surface area contributed by atoms with Crippen molar-refractivity contribution in [3.63, 3.8) is 0 Å². The van der Waals surface area contributed by atoms with Crippen LogP contribution in [0.2, 0.25) is 0 Å². The van der Waals surface area contributed by atoms with E-state index in [1.54, 1.807) is 24.1 Å². The summed E-state index contributed by atoms with van der Waals surface area (Å²) in [4.78, 5) is 13.8. The van der Waals surface area contributed by atoms with E-state index in [0.29, 0.717) is 32.1 Å². The van der Waals surface area contributed by atoms with Gasteiger partial charge in [-0.05, 0) is 17.7 Å². The number of carbonyl (C=O) groups excluding carboxylic acids is 1. The first-order valence-electron chi connectivity index (χ1n) is 6.54. The molecule has 1 saturated heterocycles. The fourth-order valence-electron chi connectivity index (χ4n) is 2.18. The second-order valence-corrected chi connectivity index (χ2v) is 4.78. The minimum atomic E-state index is -0.291. The maximum absolute atomic E-state index is 12.2. The van der Waals surface area contributed by atoms with Crippen molar-refractivity contribution in [1.82, 2.24) is 10.2 Å². The molecule has 1 fully saturated rings. The number of halogens is 1. The molecule has 0 bridgehead atoms. The van der Waals surface area contributed by atoms with Gasteiger partial charge in [0.25, 0.3) is 0 Å². The molecule has 0 aliphatic carbocycles. The first kappa shape index (κ1) is 17.6. The molecule has 1 atom stereocenters. The zero-order valence-electron chi connectivity index (χ0n) is 12.2. The summed E-state index contributed by atoms with van der Waals surface area (Å²) in [6, 6.07) is 4.83. The lowest BCUT2D eigenvalue weighted by Gasteiger charge is -2.27. The lowest BCUT2D eigenvalue weighted by Crippen LogP contribution is -2.51. The Balaban J connectivity index is 0.00000220. The number of morpholine rings is 1. The topological polar surface area (TPSA) is 71.0 Å². The highest BCUT2D eigenvalue weighted by Gasteiger charge is 2.24. The molecule has 6 nitrogen and oxygen atoms in total. The van der Waals surface area contributed by atoms with Crippen molar-refractivity contribution in [3.05, 3.63) is 23.8 Å². The molecule has 0 spiro atoms. The van der Waals surface area contributed by atoms with E-state index in [9.17, 15) is 9.90 Å². The Morgan fingerprint density at radius 2 is 2.33 bits per heavy atom. The number of likely N-dealkylation sites (N-methyl/N-ethyl adjacent to an activating group) is 1. The smallest absolute Gasteiger partial charge is 0.242 e. The van der Waals surface area contributed by atoms with Gasteiger partial charge in [-0.3, -0.25) is 4.79 Å². The van der Waals surface area contributed by atoms with E-state index in [0.717, 1.165) is 5.56 Å². The van der Waals surface area contributed by atoms with Crippen LogP contribution in [0.1, 0.15) is 5.56 Å². The van der Waals surface area contributed by atoms with Crippen molar-refractivity contribution in [2.45, 2.75) is 12.6 Å². The fourth-order valence-corrected chi connectivity index (χ4v) is 2.18. The van der Waals surface area contributed by atoms with Gasteiger partial charge in [0.2, 0.25) is 5.91 Å². The maximum Gasteiger partial charge on any atom is 0.242 e. The van der Waals surface area contributed by atoms with Crippen LogP contribution in [0.15, 0.2) is 18.2 Å². The first-order valence-corrected chi connectivity index (χ1v) is 6.54. The monoisotopic (exact) mass is 316 g/mol. The van der Waals surface area contributed by atoms with Crippen LogP contribution in [0.5, 0.6) is 11.5 Å². The molecule has 1 amide bonds. The highest BCUT2D eigenvalue weighted by Crippen LogP contribution is 2.26. The van der Waals surface area contributed by atoms with Gasteiger partial charge in [-0.1, -0.05) is 6.07 Å². The molecule has 0 aromatic heterocycles. The molecule has 21 heavy (non-hydrogen) atoms. The number of hydrogen-bond donors (Lipinski definition) is 2. The number of amides is 1. The number of hydrogen-bond acceptors (Lipinski definition) is 5. The number of ether oxygens (including phenoxy) is 2. The Morgan fingerprint density at radius 1 is 1.57 bits per heavy atom. The molecule has 7 heteroatoms. The molecule has 2 N–H and O–H groups in total. The number of nitrogens with zero attached hydrogens (tertiary/aromatic N) is 1. The van der Waals surface area contributed by atoms with Gasteiger partial charge in [-0.25, -0.2) is 0 Å². The number of aromatic hydroxyl groups is 1. The molecule has 2 rings (SSSR count). The molecule has 0 radical (unpaired) electrons. The average Bonchev–Trinajstić information content (AvgIpc) is 2.47. The normalized spacial score (nSPS) is 17.7. The third-order valence-electron chi connectivity index (χ3n) is 3.26. The fraction of sp³-hybridized carbons (Fsp3) is 0.500. The third kappa shape index (κ3) is 4.49. The van der Waals surface area contributed by atoms with Crippen molar-refractivity contribution in [2.75, 3.05) is 33.9 Å². The molecular formula is C14H21ClN2O4. The second kappa shape index (κ2) is 8.07. The minimum Gasteiger partial charge on any atom is -0.504 e. The van der Waals surface area contributed by atoms with Gasteiger partial charge in [0.05, 0.1) is 20.3 Å². The molecule has 1 aliphatic rings. The van der Waals surface area contributed by atoms with Crippen LogP contribution in [0, 0.1) is 0 Å². The highest BCUT2D eigenvalue weighted by atomic mass is 35.5. The molecule has 118 valence electrons. The van der Waals surface area contributed by atoms with Crippen molar-refractivity contribution >= 4 is 18.3 Å². The maximum atomic E-state index is 12.2. The number of phenolic OH excluding ortho intramolecular Hbond substituents is 1. The van der Waals surface area contributed by atoms with E-state index < -0.39 is 0 Å². The van der Waals surface area contributed by atoms with Crippen molar-refractivity contribution in [3.8, 4) is 11.5 Å². The van der Waals surface area contributed by atoms with E-state index in [-0.39, 0.29) is 30.1 Å². The summed E-state index contributed by atoms with van der Waals surface area (Å²) in [5.74, 6) is 0.482. The van der Waals surface area contributed by atoms with Gasteiger partial charge in [0.15, 0.2) is 11.5 Å². The molecule has 1 aromatic rings. The van der Waals surface area contributed by atoms with E-state index in [4.69, 9.17) is 9.47 Å². The third-order valence-corrected chi connectivity index (χ3v) is 3.26. The van der Waals surface area contributed by atoms with E-state index in [1.165, 1.54) is 7.11 Å². The predicted molar refractivity (Wildman–Crippen MR) is 81.0 cm³/mol. The Kier molecular flexibility index (Phi) is 6.74. The Morgan fingerprint density at radius 3 is 2.90 bits per heavy atom. The van der Waals surface area contributed by atoms with Crippen LogP contribution in [-0.2, 0) is 16.1 Å². The lowest BCUT2D eigenvalue weighted by atomic mass is 10.1. The second-order valence-electron chi connectivity index (χ2n) is 4.78. The summed E-state index contributed by atoms with van der Waals surface area (Å²) < 4.78 is 10.3. The lowest BCUT2D eigenvalue weighted by molar-refractivity contribution is -0.135. The zero-order chi connectivity index (χ0) is 14.5. The van der Waals surface area contributed by atoms with Crippen LogP contribution >= 0.6 is 12.4 Å². The van der Waals surface area contributed by atoms with Gasteiger partial charge in [-0.2, -0.15) is 0 Å². The summed E-state index contributed by atoms with van der Waals surface area (Å²) in [5.41, 5.74) is 0.843. The van der Waals surface area contributed by atoms with Gasteiger partial charge in [0, 0.05) is 20.1 Å². The van der Waals surface area contributed by atoms with E-state index in [2.05, 4.69) is 5.32 Å². The Bertz CT molecular complexity index is 478. The Hall–Kier alpha value is -1.50. The number of rotatable bonds is 4. The first-order chi connectivity index (χ1) is 9.61. The van der Waals surface area contributed by atoms with Gasteiger partial charge in [-0.15, -0.1) is 12.4 Å². The predicted octanol–water partition coefficient (Wildman–Crippen LogP) is 0.769. The van der Waals surface area contributed by atoms with Gasteiger partial charge >= 0.3 is 0 Å². The average molecular weight is 317 g/mol. The molecule has 1 aliphatic heterocycles. The summed E-state index contributed by atoms with van der Waals surface area (Å²) in [6.07, 6.45) is 0. The summed E-state index contributed by atoms with van der Waals surface area (Å²) in [5, 5.41) is 12.9. The summed E-state index contributed by atoms with van der Waals surface area (Å²) >= 11 is 0. The van der Waals surface area contributed by atoms with Gasteiger partial charge in [0.1, 0.15) is 6.04 Å². The van der Waals surface area contributed by atoms with Crippen molar-refractivity contribution in [2.24, 2.45) is 0 Å². The minimum absolute atomic E-state index is 0. The summed E-state index contributed by atoms with van der Waals surface area (Å²) in [6.45, 7) is 2.15. The van der Waals surface area contributed by atoms with Gasteiger partial charge < -0.3 is 24.8 Å². The highest BCUT2D eigenvalue weighted by molar-refractivity contribution is 5.85. The number of phenols is 1. The molecular weight excluding hydrogens is 296 g/mol. The van der Waals surface area contributed by atoms with Crippen LogP contribution in [0.25, 0.3) is 0 Å². The molecule has 0 saturated carbocycles. The van der Waals surface area contributed by atoms with Crippen LogP contribution in [-0.4, -0.2) is 55.9 Å². The number of methoxy groups -OCH3 is 1.